The normalized spacial score (nSPS) is 12.4. The maximum Gasteiger partial charge on any atom is 0.232 e. The van der Waals surface area contributed by atoms with Crippen molar-refractivity contribution in [1.82, 2.24) is 5.32 Å². The van der Waals surface area contributed by atoms with Gasteiger partial charge in [0.25, 0.3) is 0 Å². The highest BCUT2D eigenvalue weighted by Gasteiger charge is 2.21. The van der Waals surface area contributed by atoms with Crippen LogP contribution in [0.2, 0.25) is 10.0 Å². The monoisotopic (exact) mass is 456 g/mol. The smallest absolute Gasteiger partial charge is 0.232 e. The lowest BCUT2D eigenvalue weighted by Crippen LogP contribution is -2.32. The van der Waals surface area contributed by atoms with Crippen molar-refractivity contribution in [3.05, 3.63) is 63.6 Å². The van der Waals surface area contributed by atoms with Gasteiger partial charge in [-0.3, -0.25) is 9.10 Å². The van der Waals surface area contributed by atoms with Crippen molar-refractivity contribution < 1.29 is 13.2 Å². The number of benzene rings is 2. The highest BCUT2D eigenvalue weighted by molar-refractivity contribution is 7.92. The molecular weight excluding hydrogens is 431 g/mol. The molecule has 0 bridgehead atoms. The molecule has 1 N–H and O–H groups in total. The van der Waals surface area contributed by atoms with E-state index in [-0.39, 0.29) is 29.9 Å². The topological polar surface area (TPSA) is 66.5 Å². The van der Waals surface area contributed by atoms with Crippen molar-refractivity contribution in [3.8, 4) is 0 Å². The van der Waals surface area contributed by atoms with E-state index >= 15 is 0 Å². The predicted molar refractivity (Wildman–Crippen MR) is 120 cm³/mol. The first-order valence-electron chi connectivity index (χ1n) is 9.42. The van der Waals surface area contributed by atoms with Gasteiger partial charge >= 0.3 is 0 Å². The van der Waals surface area contributed by atoms with Crippen LogP contribution in [0.4, 0.5) is 5.69 Å². The summed E-state index contributed by atoms with van der Waals surface area (Å²) in [6.07, 6.45) is 2.62. The van der Waals surface area contributed by atoms with Crippen molar-refractivity contribution in [3.63, 3.8) is 0 Å². The molecule has 5 nitrogen and oxygen atoms in total. The SMILES string of the molecule is CCc1ccc([C@@H](C)NC(=O)CCCN(c2cc(Cl)ccc2Cl)S(C)(=O)=O)cc1. The zero-order chi connectivity index (χ0) is 21.6. The molecule has 0 aromatic heterocycles. The molecule has 0 saturated carbocycles. The van der Waals surface area contributed by atoms with E-state index in [1.165, 1.54) is 15.9 Å². The first-order chi connectivity index (χ1) is 13.6. The Morgan fingerprint density at radius 2 is 1.79 bits per heavy atom. The number of carbonyl (C=O) groups is 1. The van der Waals surface area contributed by atoms with E-state index in [9.17, 15) is 13.2 Å². The molecule has 29 heavy (non-hydrogen) atoms. The number of halogens is 2. The average Bonchev–Trinajstić information content (AvgIpc) is 2.66. The van der Waals surface area contributed by atoms with Crippen LogP contribution in [0.15, 0.2) is 42.5 Å². The van der Waals surface area contributed by atoms with E-state index in [4.69, 9.17) is 23.2 Å². The minimum absolute atomic E-state index is 0.123. The summed E-state index contributed by atoms with van der Waals surface area (Å²) in [5.74, 6) is -0.136. The van der Waals surface area contributed by atoms with Crippen molar-refractivity contribution >= 4 is 44.8 Å². The highest BCUT2D eigenvalue weighted by Crippen LogP contribution is 2.30. The summed E-state index contributed by atoms with van der Waals surface area (Å²) in [6, 6.07) is 12.7. The number of nitrogens with one attached hydrogen (secondary N) is 1. The van der Waals surface area contributed by atoms with E-state index in [1.807, 2.05) is 19.1 Å². The second-order valence-electron chi connectivity index (χ2n) is 6.92. The molecule has 0 radical (unpaired) electrons. The summed E-state index contributed by atoms with van der Waals surface area (Å²) in [5, 5.41) is 3.63. The molecule has 2 aromatic rings. The van der Waals surface area contributed by atoms with E-state index in [0.29, 0.717) is 17.1 Å². The maximum absolute atomic E-state index is 12.3. The Labute approximate surface area is 183 Å². The number of rotatable bonds is 9. The molecule has 1 atom stereocenters. The van der Waals surface area contributed by atoms with Crippen molar-refractivity contribution in [1.29, 1.82) is 0 Å². The molecule has 2 rings (SSSR count). The van der Waals surface area contributed by atoms with Gasteiger partial charge in [-0.15, -0.1) is 0 Å². The second kappa shape index (κ2) is 10.3. The number of aryl methyl sites for hydroxylation is 1. The number of carbonyl (C=O) groups excluding carboxylic acids is 1. The molecule has 2 aromatic carbocycles. The molecule has 1 amide bonds. The Morgan fingerprint density at radius 1 is 1.14 bits per heavy atom. The number of hydrogen-bond acceptors (Lipinski definition) is 3. The van der Waals surface area contributed by atoms with Gasteiger partial charge in [0.15, 0.2) is 0 Å². The van der Waals surface area contributed by atoms with Crippen LogP contribution >= 0.6 is 23.2 Å². The minimum atomic E-state index is -3.57. The predicted octanol–water partition coefficient (Wildman–Crippen LogP) is 4.98. The molecule has 0 aliphatic heterocycles. The Hall–Kier alpha value is -1.76. The highest BCUT2D eigenvalue weighted by atomic mass is 35.5. The Bertz CT molecular complexity index is 947. The van der Waals surface area contributed by atoms with Gasteiger partial charge in [0.2, 0.25) is 15.9 Å². The third-order valence-corrected chi connectivity index (χ3v) is 6.34. The van der Waals surface area contributed by atoms with Gasteiger partial charge in [-0.1, -0.05) is 54.4 Å². The van der Waals surface area contributed by atoms with Gasteiger partial charge < -0.3 is 5.32 Å². The molecule has 0 spiro atoms. The average molecular weight is 457 g/mol. The molecular formula is C21H26Cl2N2O3S. The van der Waals surface area contributed by atoms with Gasteiger partial charge in [-0.25, -0.2) is 8.42 Å². The summed E-state index contributed by atoms with van der Waals surface area (Å²) >= 11 is 12.1. The lowest BCUT2D eigenvalue weighted by atomic mass is 10.0. The third kappa shape index (κ3) is 6.91. The first-order valence-corrected chi connectivity index (χ1v) is 12.0. The summed E-state index contributed by atoms with van der Waals surface area (Å²) in [5.41, 5.74) is 2.58. The van der Waals surface area contributed by atoms with E-state index in [0.717, 1.165) is 18.2 Å². The molecule has 0 aliphatic rings. The summed E-state index contributed by atoms with van der Waals surface area (Å²) in [7, 11) is -3.57. The standard InChI is InChI=1S/C21H26Cl2N2O3S/c1-4-16-7-9-17(10-8-16)15(2)24-21(26)6-5-13-25(29(3,27)28)20-14-18(22)11-12-19(20)23/h7-12,14-15H,4-6,13H2,1-3H3,(H,24,26)/t15-/m1/s1. The van der Waals surface area contributed by atoms with Crippen LogP contribution in [-0.2, 0) is 21.2 Å². The quantitative estimate of drug-likeness (QED) is 0.578. The van der Waals surface area contributed by atoms with Crippen LogP contribution in [0.25, 0.3) is 0 Å². The first kappa shape index (κ1) is 23.5. The summed E-state index contributed by atoms with van der Waals surface area (Å²) in [4.78, 5) is 12.3. The van der Waals surface area contributed by atoms with Crippen LogP contribution in [0.3, 0.4) is 0 Å². The van der Waals surface area contributed by atoms with Crippen molar-refractivity contribution in [2.75, 3.05) is 17.1 Å². The molecule has 0 saturated heterocycles. The fourth-order valence-electron chi connectivity index (χ4n) is 2.96. The Kier molecular flexibility index (Phi) is 8.37. The fraction of sp³-hybridized carbons (Fsp3) is 0.381. The molecule has 0 fully saturated rings. The van der Waals surface area contributed by atoms with Gasteiger partial charge in [-0.05, 0) is 49.1 Å². The number of hydrogen-bond donors (Lipinski definition) is 1. The Morgan fingerprint density at radius 3 is 2.38 bits per heavy atom. The zero-order valence-corrected chi connectivity index (χ0v) is 19.1. The van der Waals surface area contributed by atoms with E-state index in [1.54, 1.807) is 12.1 Å². The lowest BCUT2D eigenvalue weighted by Gasteiger charge is -2.23. The zero-order valence-electron chi connectivity index (χ0n) is 16.8. The van der Waals surface area contributed by atoms with Gasteiger partial charge in [0.05, 0.1) is 23.0 Å². The van der Waals surface area contributed by atoms with Gasteiger partial charge in [0, 0.05) is 18.0 Å². The number of anilines is 1. The Balaban J connectivity index is 1.96. The van der Waals surface area contributed by atoms with Crippen molar-refractivity contribution in [2.45, 2.75) is 39.2 Å². The third-order valence-electron chi connectivity index (χ3n) is 4.61. The lowest BCUT2D eigenvalue weighted by molar-refractivity contribution is -0.121. The summed E-state index contributed by atoms with van der Waals surface area (Å²) in [6.45, 7) is 4.15. The van der Waals surface area contributed by atoms with Gasteiger partial charge in [0.1, 0.15) is 0 Å². The molecule has 158 valence electrons. The van der Waals surface area contributed by atoms with Crippen LogP contribution in [0, 0.1) is 0 Å². The molecule has 8 heteroatoms. The van der Waals surface area contributed by atoms with Crippen LogP contribution in [-0.4, -0.2) is 27.1 Å². The number of nitrogens with zero attached hydrogens (tertiary/aromatic N) is 1. The maximum atomic E-state index is 12.3. The van der Waals surface area contributed by atoms with E-state index in [2.05, 4.69) is 24.4 Å². The van der Waals surface area contributed by atoms with E-state index < -0.39 is 10.0 Å². The minimum Gasteiger partial charge on any atom is -0.350 e. The largest absolute Gasteiger partial charge is 0.350 e. The number of sulfonamides is 1. The van der Waals surface area contributed by atoms with Gasteiger partial charge in [-0.2, -0.15) is 0 Å². The second-order valence-corrected chi connectivity index (χ2v) is 9.67. The van der Waals surface area contributed by atoms with Crippen molar-refractivity contribution in [2.24, 2.45) is 0 Å². The molecule has 0 heterocycles. The molecule has 0 unspecified atom stereocenters. The fourth-order valence-corrected chi connectivity index (χ4v) is 4.37. The van der Waals surface area contributed by atoms with Crippen LogP contribution in [0.1, 0.15) is 43.9 Å². The molecule has 0 aliphatic carbocycles. The number of amides is 1. The summed E-state index contributed by atoms with van der Waals surface area (Å²) < 4.78 is 25.6. The van der Waals surface area contributed by atoms with Crippen LogP contribution < -0.4 is 9.62 Å². The van der Waals surface area contributed by atoms with Crippen LogP contribution in [0.5, 0.6) is 0 Å².